The van der Waals surface area contributed by atoms with Crippen LogP contribution in [0.5, 0.6) is 0 Å². The molecule has 0 amide bonds. The lowest BCUT2D eigenvalue weighted by molar-refractivity contribution is 0.0994. The van der Waals surface area contributed by atoms with Gasteiger partial charge in [-0.1, -0.05) is 73.3 Å². The molecule has 0 spiro atoms. The van der Waals surface area contributed by atoms with Gasteiger partial charge in [0.1, 0.15) is 0 Å². The first kappa shape index (κ1) is 15.8. The van der Waals surface area contributed by atoms with Gasteiger partial charge in [-0.05, 0) is 34.4 Å². The molecule has 0 saturated carbocycles. The fourth-order valence-corrected chi connectivity index (χ4v) is 2.67. The van der Waals surface area contributed by atoms with Crippen molar-refractivity contribution in [3.8, 4) is 0 Å². The zero-order valence-corrected chi connectivity index (χ0v) is 13.4. The zero-order chi connectivity index (χ0) is 16.9. The molecule has 0 bridgehead atoms. The average molecular weight is 313 g/mol. The van der Waals surface area contributed by atoms with Crippen molar-refractivity contribution < 1.29 is 4.79 Å². The monoisotopic (exact) mass is 313 g/mol. The topological polar surface area (TPSA) is 43.1 Å². The van der Waals surface area contributed by atoms with Crippen molar-refractivity contribution in [3.05, 3.63) is 108 Å². The quantitative estimate of drug-likeness (QED) is 0.545. The molecular formula is C22H19NO. The smallest absolute Gasteiger partial charge is 0.169 e. The van der Waals surface area contributed by atoms with Gasteiger partial charge in [0.25, 0.3) is 0 Å². The molecule has 2 heteroatoms. The van der Waals surface area contributed by atoms with Crippen molar-refractivity contribution >= 4 is 17.0 Å². The molecule has 0 atom stereocenters. The van der Waals surface area contributed by atoms with Crippen LogP contribution in [0, 0.1) is 0 Å². The second-order valence-electron chi connectivity index (χ2n) is 5.73. The first-order chi connectivity index (χ1) is 11.6. The van der Waals surface area contributed by atoms with Crippen molar-refractivity contribution in [2.24, 2.45) is 0 Å². The first-order valence-corrected chi connectivity index (χ1v) is 7.86. The van der Waals surface area contributed by atoms with Gasteiger partial charge >= 0.3 is 0 Å². The molecule has 118 valence electrons. The molecule has 3 rings (SSSR count). The number of hydrogen-bond acceptors (Lipinski definition) is 2. The lowest BCUT2D eigenvalue weighted by Gasteiger charge is -2.11. The standard InChI is InChI=1S/C22H19NO/c1-16(18-10-6-3-7-11-18)19-12-13-21(23)20(15-19)22(24)14-17-8-4-2-5-9-17/h2-13,15H,1,14,23H2. The zero-order valence-electron chi connectivity index (χ0n) is 13.4. The Morgan fingerprint density at radius 3 is 2.12 bits per heavy atom. The number of nitrogens with two attached hydrogens (primary N) is 1. The van der Waals surface area contributed by atoms with E-state index in [2.05, 4.69) is 6.58 Å². The molecular weight excluding hydrogens is 294 g/mol. The number of ketones is 1. The van der Waals surface area contributed by atoms with Crippen molar-refractivity contribution in [2.75, 3.05) is 5.73 Å². The highest BCUT2D eigenvalue weighted by Crippen LogP contribution is 2.25. The Labute approximate surface area is 142 Å². The summed E-state index contributed by atoms with van der Waals surface area (Å²) in [5, 5.41) is 0. The van der Waals surface area contributed by atoms with E-state index in [9.17, 15) is 4.79 Å². The van der Waals surface area contributed by atoms with E-state index in [0.29, 0.717) is 17.7 Å². The third-order valence-corrected chi connectivity index (χ3v) is 4.03. The van der Waals surface area contributed by atoms with E-state index in [1.165, 1.54) is 0 Å². The first-order valence-electron chi connectivity index (χ1n) is 7.86. The third kappa shape index (κ3) is 3.44. The molecule has 0 unspecified atom stereocenters. The van der Waals surface area contributed by atoms with Gasteiger partial charge in [0, 0.05) is 17.7 Å². The lowest BCUT2D eigenvalue weighted by Crippen LogP contribution is -2.07. The van der Waals surface area contributed by atoms with E-state index < -0.39 is 0 Å². The Hall–Kier alpha value is -3.13. The molecule has 0 saturated heterocycles. The van der Waals surface area contributed by atoms with Crippen LogP contribution >= 0.6 is 0 Å². The normalized spacial score (nSPS) is 10.3. The summed E-state index contributed by atoms with van der Waals surface area (Å²) in [4.78, 5) is 12.6. The van der Waals surface area contributed by atoms with Crippen molar-refractivity contribution in [2.45, 2.75) is 6.42 Å². The van der Waals surface area contributed by atoms with Crippen LogP contribution in [0.15, 0.2) is 85.4 Å². The molecule has 3 aromatic carbocycles. The molecule has 3 aromatic rings. The minimum absolute atomic E-state index is 0.0152. The highest BCUT2D eigenvalue weighted by molar-refractivity contribution is 6.03. The van der Waals surface area contributed by atoms with Crippen LogP contribution < -0.4 is 5.73 Å². The molecule has 2 N–H and O–H groups in total. The summed E-state index contributed by atoms with van der Waals surface area (Å²) in [7, 11) is 0. The van der Waals surface area contributed by atoms with Crippen LogP contribution in [0.2, 0.25) is 0 Å². The fourth-order valence-electron chi connectivity index (χ4n) is 2.67. The molecule has 2 nitrogen and oxygen atoms in total. The number of anilines is 1. The van der Waals surface area contributed by atoms with E-state index in [1.807, 2.05) is 72.8 Å². The maximum absolute atomic E-state index is 12.6. The van der Waals surface area contributed by atoms with Gasteiger partial charge in [-0.15, -0.1) is 0 Å². The molecule has 0 aliphatic carbocycles. The van der Waals surface area contributed by atoms with Crippen LogP contribution in [0.4, 0.5) is 5.69 Å². The van der Waals surface area contributed by atoms with Gasteiger partial charge < -0.3 is 5.73 Å². The highest BCUT2D eigenvalue weighted by atomic mass is 16.1. The minimum Gasteiger partial charge on any atom is -0.398 e. The third-order valence-electron chi connectivity index (χ3n) is 4.03. The van der Waals surface area contributed by atoms with Gasteiger partial charge in [0.2, 0.25) is 0 Å². The second-order valence-corrected chi connectivity index (χ2v) is 5.73. The average Bonchev–Trinajstić information content (AvgIpc) is 2.63. The van der Waals surface area contributed by atoms with E-state index in [4.69, 9.17) is 5.73 Å². The molecule has 0 heterocycles. The highest BCUT2D eigenvalue weighted by Gasteiger charge is 2.13. The van der Waals surface area contributed by atoms with Gasteiger partial charge in [-0.3, -0.25) is 4.79 Å². The van der Waals surface area contributed by atoms with Gasteiger partial charge in [0.15, 0.2) is 5.78 Å². The number of carbonyl (C=O) groups excluding carboxylic acids is 1. The van der Waals surface area contributed by atoms with Crippen molar-refractivity contribution in [3.63, 3.8) is 0 Å². The van der Waals surface area contributed by atoms with E-state index in [0.717, 1.165) is 22.3 Å². The van der Waals surface area contributed by atoms with Crippen molar-refractivity contribution in [1.82, 2.24) is 0 Å². The SMILES string of the molecule is C=C(c1ccccc1)c1ccc(N)c(C(=O)Cc2ccccc2)c1. The van der Waals surface area contributed by atoms with Crippen LogP contribution in [-0.4, -0.2) is 5.78 Å². The molecule has 0 fully saturated rings. The lowest BCUT2D eigenvalue weighted by atomic mass is 9.94. The maximum Gasteiger partial charge on any atom is 0.169 e. The Balaban J connectivity index is 1.89. The number of benzene rings is 3. The number of nitrogen functional groups attached to an aromatic ring is 1. The summed E-state index contributed by atoms with van der Waals surface area (Å²) in [5.74, 6) is 0.0152. The molecule has 0 radical (unpaired) electrons. The van der Waals surface area contributed by atoms with E-state index in [-0.39, 0.29) is 5.78 Å². The van der Waals surface area contributed by atoms with Crippen LogP contribution in [0.25, 0.3) is 5.57 Å². The summed E-state index contributed by atoms with van der Waals surface area (Å²) in [6.45, 7) is 4.16. The predicted molar refractivity (Wildman–Crippen MR) is 99.9 cm³/mol. The van der Waals surface area contributed by atoms with Gasteiger partial charge in [0.05, 0.1) is 0 Å². The Bertz CT molecular complexity index is 867. The van der Waals surface area contributed by atoms with E-state index in [1.54, 1.807) is 6.07 Å². The predicted octanol–water partition coefficient (Wildman–Crippen LogP) is 4.76. The molecule has 0 aliphatic heterocycles. The summed E-state index contributed by atoms with van der Waals surface area (Å²) in [5.41, 5.74) is 10.9. The Morgan fingerprint density at radius 1 is 0.833 bits per heavy atom. The number of Topliss-reactive ketones (excluding diaryl/α,β-unsaturated/α-hetero) is 1. The second kappa shape index (κ2) is 6.97. The molecule has 24 heavy (non-hydrogen) atoms. The Kier molecular flexibility index (Phi) is 4.57. The summed E-state index contributed by atoms with van der Waals surface area (Å²) in [6.07, 6.45) is 0.340. The van der Waals surface area contributed by atoms with Crippen LogP contribution in [-0.2, 0) is 6.42 Å². The van der Waals surface area contributed by atoms with E-state index >= 15 is 0 Å². The fraction of sp³-hybridized carbons (Fsp3) is 0.0455. The maximum atomic E-state index is 12.6. The minimum atomic E-state index is 0.0152. The van der Waals surface area contributed by atoms with Gasteiger partial charge in [-0.2, -0.15) is 0 Å². The summed E-state index contributed by atoms with van der Waals surface area (Å²) in [6, 6.07) is 25.1. The van der Waals surface area contributed by atoms with Crippen LogP contribution in [0.1, 0.15) is 27.0 Å². The summed E-state index contributed by atoms with van der Waals surface area (Å²) >= 11 is 0. The molecule has 0 aliphatic rings. The molecule has 0 aromatic heterocycles. The number of carbonyl (C=O) groups is 1. The van der Waals surface area contributed by atoms with Crippen LogP contribution in [0.3, 0.4) is 0 Å². The van der Waals surface area contributed by atoms with Crippen molar-refractivity contribution in [1.29, 1.82) is 0 Å². The van der Waals surface area contributed by atoms with Gasteiger partial charge in [-0.25, -0.2) is 0 Å². The largest absolute Gasteiger partial charge is 0.398 e. The Morgan fingerprint density at radius 2 is 1.46 bits per heavy atom. The number of hydrogen-bond donors (Lipinski definition) is 1. The number of rotatable bonds is 5. The summed E-state index contributed by atoms with van der Waals surface area (Å²) < 4.78 is 0.